The molecule has 0 aliphatic carbocycles. The van der Waals surface area contributed by atoms with Gasteiger partial charge < -0.3 is 18.9 Å². The molecule has 4 unspecified atom stereocenters. The first kappa shape index (κ1) is 18.5. The van der Waals surface area contributed by atoms with Crippen molar-refractivity contribution in [3.05, 3.63) is 56.8 Å². The summed E-state index contributed by atoms with van der Waals surface area (Å²) in [6.07, 6.45) is -1.69. The van der Waals surface area contributed by atoms with Gasteiger partial charge >= 0.3 is 0 Å². The summed E-state index contributed by atoms with van der Waals surface area (Å²) in [5, 5.41) is 7.24. The van der Waals surface area contributed by atoms with Crippen LogP contribution in [0.2, 0.25) is 0 Å². The van der Waals surface area contributed by atoms with Crippen LogP contribution in [0.3, 0.4) is 0 Å². The molecule has 0 spiro atoms. The standard InChI is InChI=1S/C16H20N6O4/c1-15(2)25-13-12(8-19-21-17)24-16(10-20-22-18,14(13)26-15)23-9-11-6-4-3-5-7-11/h3-7,12-14H,8-10H2,1-2H3. The van der Waals surface area contributed by atoms with Crippen molar-refractivity contribution in [1.29, 1.82) is 0 Å². The minimum Gasteiger partial charge on any atom is -0.342 e. The zero-order valence-electron chi connectivity index (χ0n) is 14.6. The third-order valence-corrected chi connectivity index (χ3v) is 4.29. The lowest BCUT2D eigenvalue weighted by Gasteiger charge is -2.33. The van der Waals surface area contributed by atoms with Crippen LogP contribution in [0.15, 0.2) is 40.6 Å². The summed E-state index contributed by atoms with van der Waals surface area (Å²) in [5.74, 6) is -2.18. The zero-order valence-corrected chi connectivity index (χ0v) is 14.6. The molecule has 4 atom stereocenters. The topological polar surface area (TPSA) is 134 Å². The van der Waals surface area contributed by atoms with Crippen molar-refractivity contribution in [2.75, 3.05) is 13.1 Å². The van der Waals surface area contributed by atoms with Crippen LogP contribution >= 0.6 is 0 Å². The van der Waals surface area contributed by atoms with E-state index in [0.717, 1.165) is 5.56 Å². The van der Waals surface area contributed by atoms with Crippen LogP contribution in [0.25, 0.3) is 20.9 Å². The third kappa shape index (κ3) is 3.76. The second kappa shape index (κ2) is 7.51. The van der Waals surface area contributed by atoms with Crippen molar-refractivity contribution < 1.29 is 18.9 Å². The van der Waals surface area contributed by atoms with Gasteiger partial charge in [-0.2, -0.15) is 0 Å². The molecule has 2 aliphatic heterocycles. The molecule has 10 nitrogen and oxygen atoms in total. The molecule has 2 fully saturated rings. The van der Waals surface area contributed by atoms with E-state index in [1.54, 1.807) is 13.8 Å². The van der Waals surface area contributed by atoms with Crippen molar-refractivity contribution in [2.24, 2.45) is 10.2 Å². The molecular formula is C16H20N6O4. The number of ether oxygens (including phenoxy) is 4. The molecule has 0 amide bonds. The highest BCUT2D eigenvalue weighted by atomic mass is 16.8. The van der Waals surface area contributed by atoms with Crippen molar-refractivity contribution in [1.82, 2.24) is 0 Å². The van der Waals surface area contributed by atoms with E-state index >= 15 is 0 Å². The van der Waals surface area contributed by atoms with Crippen LogP contribution in [0.5, 0.6) is 0 Å². The van der Waals surface area contributed by atoms with E-state index in [0.29, 0.717) is 0 Å². The average Bonchev–Trinajstić information content (AvgIpc) is 3.10. The molecule has 1 aromatic rings. The summed E-state index contributed by atoms with van der Waals surface area (Å²) in [6, 6.07) is 9.55. The summed E-state index contributed by atoms with van der Waals surface area (Å²) >= 11 is 0. The van der Waals surface area contributed by atoms with Crippen molar-refractivity contribution >= 4 is 0 Å². The number of hydrogen-bond donors (Lipinski definition) is 0. The summed E-state index contributed by atoms with van der Waals surface area (Å²) in [6.45, 7) is 3.77. The Bertz CT molecular complexity index is 732. The van der Waals surface area contributed by atoms with E-state index in [-0.39, 0.29) is 19.7 Å². The van der Waals surface area contributed by atoms with Crippen LogP contribution in [0, 0.1) is 0 Å². The molecule has 2 saturated heterocycles. The quantitative estimate of drug-likeness (QED) is 0.418. The van der Waals surface area contributed by atoms with E-state index in [9.17, 15) is 0 Å². The summed E-state index contributed by atoms with van der Waals surface area (Å²) in [4.78, 5) is 5.60. The van der Waals surface area contributed by atoms with Crippen molar-refractivity contribution in [3.63, 3.8) is 0 Å². The van der Waals surface area contributed by atoms with Gasteiger partial charge in [-0.15, -0.1) is 0 Å². The van der Waals surface area contributed by atoms with Crippen molar-refractivity contribution in [3.8, 4) is 0 Å². The SMILES string of the molecule is CC1(C)OC2C(CN=[N+]=[N-])OC(CN=[N+]=[N-])(OCc3ccccc3)C2O1. The first-order valence-corrected chi connectivity index (χ1v) is 8.23. The monoisotopic (exact) mass is 360 g/mol. The lowest BCUT2D eigenvalue weighted by molar-refractivity contribution is -0.290. The number of rotatable bonds is 7. The Labute approximate surface area is 150 Å². The van der Waals surface area contributed by atoms with Crippen LogP contribution in [0.4, 0.5) is 0 Å². The number of benzene rings is 1. The lowest BCUT2D eigenvalue weighted by Crippen LogP contribution is -2.48. The minimum atomic E-state index is -1.32. The number of nitrogens with zero attached hydrogens (tertiary/aromatic N) is 6. The first-order chi connectivity index (χ1) is 12.5. The zero-order chi connectivity index (χ0) is 18.6. The number of azide groups is 2. The van der Waals surface area contributed by atoms with Crippen LogP contribution in [-0.4, -0.2) is 43.0 Å². The van der Waals surface area contributed by atoms with E-state index in [1.807, 2.05) is 30.3 Å². The molecule has 138 valence electrons. The lowest BCUT2D eigenvalue weighted by atomic mass is 10.0. The fourth-order valence-electron chi connectivity index (χ4n) is 3.25. The summed E-state index contributed by atoms with van der Waals surface area (Å²) < 4.78 is 24.0. The maximum atomic E-state index is 8.79. The van der Waals surface area contributed by atoms with Crippen LogP contribution in [0.1, 0.15) is 19.4 Å². The fraction of sp³-hybridized carbons (Fsp3) is 0.625. The van der Waals surface area contributed by atoms with E-state index in [1.165, 1.54) is 0 Å². The molecule has 0 aromatic heterocycles. The Morgan fingerprint density at radius 2 is 1.81 bits per heavy atom. The Morgan fingerprint density at radius 3 is 2.50 bits per heavy atom. The molecule has 10 heteroatoms. The number of fused-ring (bicyclic) bond motifs is 1. The van der Waals surface area contributed by atoms with E-state index in [2.05, 4.69) is 20.1 Å². The van der Waals surface area contributed by atoms with Gasteiger partial charge in [-0.3, -0.25) is 0 Å². The molecule has 0 bridgehead atoms. The Morgan fingerprint density at radius 1 is 1.08 bits per heavy atom. The van der Waals surface area contributed by atoms with Gasteiger partial charge in [-0.1, -0.05) is 40.6 Å². The third-order valence-electron chi connectivity index (χ3n) is 4.29. The van der Waals surface area contributed by atoms with Gasteiger partial charge in [-0.25, -0.2) is 0 Å². The maximum Gasteiger partial charge on any atom is 0.203 e. The Kier molecular flexibility index (Phi) is 5.33. The summed E-state index contributed by atoms with van der Waals surface area (Å²) in [5.41, 5.74) is 18.3. The largest absolute Gasteiger partial charge is 0.342 e. The predicted octanol–water partition coefficient (Wildman–Crippen LogP) is 3.44. The summed E-state index contributed by atoms with van der Waals surface area (Å²) in [7, 11) is 0. The van der Waals surface area contributed by atoms with Gasteiger partial charge in [0.05, 0.1) is 25.8 Å². The van der Waals surface area contributed by atoms with Gasteiger partial charge in [0.25, 0.3) is 0 Å². The molecule has 2 heterocycles. The molecule has 26 heavy (non-hydrogen) atoms. The average molecular weight is 360 g/mol. The van der Waals surface area contributed by atoms with Gasteiger partial charge in [0.2, 0.25) is 5.79 Å². The van der Waals surface area contributed by atoms with E-state index in [4.69, 9.17) is 30.0 Å². The second-order valence-electron chi connectivity index (χ2n) is 6.57. The maximum absolute atomic E-state index is 8.79. The molecule has 0 radical (unpaired) electrons. The first-order valence-electron chi connectivity index (χ1n) is 8.23. The Balaban J connectivity index is 1.88. The minimum absolute atomic E-state index is 0.0593. The molecule has 1 aromatic carbocycles. The highest BCUT2D eigenvalue weighted by Gasteiger charge is 2.63. The highest BCUT2D eigenvalue weighted by Crippen LogP contribution is 2.45. The van der Waals surface area contributed by atoms with Crippen LogP contribution in [-0.2, 0) is 25.6 Å². The van der Waals surface area contributed by atoms with Gasteiger partial charge in [0, 0.05) is 9.82 Å². The Hall–Kier alpha value is -2.32. The molecule has 0 saturated carbocycles. The van der Waals surface area contributed by atoms with Gasteiger partial charge in [-0.05, 0) is 30.5 Å². The van der Waals surface area contributed by atoms with Crippen LogP contribution < -0.4 is 0 Å². The predicted molar refractivity (Wildman–Crippen MR) is 90.7 cm³/mol. The molecular weight excluding hydrogens is 340 g/mol. The van der Waals surface area contributed by atoms with Gasteiger partial charge in [0.15, 0.2) is 5.79 Å². The molecule has 0 N–H and O–H groups in total. The van der Waals surface area contributed by atoms with Crippen molar-refractivity contribution in [2.45, 2.75) is 50.3 Å². The molecule has 2 aliphatic rings. The van der Waals surface area contributed by atoms with Gasteiger partial charge in [0.1, 0.15) is 12.2 Å². The van der Waals surface area contributed by atoms with E-state index < -0.39 is 29.9 Å². The normalized spacial score (nSPS) is 31.7. The second-order valence-corrected chi connectivity index (χ2v) is 6.57. The number of hydrogen-bond acceptors (Lipinski definition) is 6. The molecule has 3 rings (SSSR count). The smallest absolute Gasteiger partial charge is 0.203 e. The fourth-order valence-corrected chi connectivity index (χ4v) is 3.25. The highest BCUT2D eigenvalue weighted by molar-refractivity contribution is 5.14.